The molecule has 0 unspecified atom stereocenters. The molecule has 0 radical (unpaired) electrons. The highest BCUT2D eigenvalue weighted by Gasteiger charge is 2.14. The maximum atomic E-state index is 5.99. The molecule has 21 heavy (non-hydrogen) atoms. The van der Waals surface area contributed by atoms with Crippen LogP contribution in [0.5, 0.6) is 0 Å². The van der Waals surface area contributed by atoms with Crippen molar-refractivity contribution in [3.05, 3.63) is 23.7 Å². The van der Waals surface area contributed by atoms with Gasteiger partial charge in [-0.25, -0.2) is 4.68 Å². The molecule has 0 saturated heterocycles. The predicted molar refractivity (Wildman–Crippen MR) is 77.9 cm³/mol. The van der Waals surface area contributed by atoms with Crippen molar-refractivity contribution >= 4 is 17.5 Å². The van der Waals surface area contributed by atoms with E-state index >= 15 is 0 Å². The summed E-state index contributed by atoms with van der Waals surface area (Å²) >= 11 is 5.99. The Morgan fingerprint density at radius 1 is 1.14 bits per heavy atom. The second kappa shape index (κ2) is 7.87. The molecule has 0 atom stereocenters. The third-order valence-corrected chi connectivity index (χ3v) is 2.88. The van der Waals surface area contributed by atoms with Crippen LogP contribution in [0.4, 0.5) is 5.95 Å². The van der Waals surface area contributed by atoms with Crippen molar-refractivity contribution in [3.63, 3.8) is 0 Å². The van der Waals surface area contributed by atoms with E-state index in [4.69, 9.17) is 21.1 Å². The van der Waals surface area contributed by atoms with Crippen LogP contribution in [-0.2, 0) is 9.47 Å². The minimum Gasteiger partial charge on any atom is -0.383 e. The molecule has 0 aliphatic heterocycles. The van der Waals surface area contributed by atoms with Gasteiger partial charge in [0.25, 0.3) is 5.95 Å². The van der Waals surface area contributed by atoms with E-state index in [2.05, 4.69) is 20.1 Å². The molecule has 0 saturated carbocycles. The fraction of sp³-hybridized carbons (Fsp3) is 0.500. The summed E-state index contributed by atoms with van der Waals surface area (Å²) in [5.74, 6) is 0.837. The van der Waals surface area contributed by atoms with Crippen molar-refractivity contribution in [2.45, 2.75) is 0 Å². The second-order valence-electron chi connectivity index (χ2n) is 4.13. The normalized spacial score (nSPS) is 10.8. The van der Waals surface area contributed by atoms with Gasteiger partial charge in [0.2, 0.25) is 11.2 Å². The van der Waals surface area contributed by atoms with Crippen molar-refractivity contribution in [2.24, 2.45) is 0 Å². The zero-order valence-electron chi connectivity index (χ0n) is 11.9. The smallest absolute Gasteiger partial charge is 0.256 e. The van der Waals surface area contributed by atoms with E-state index in [9.17, 15) is 0 Å². The van der Waals surface area contributed by atoms with Gasteiger partial charge < -0.3 is 14.4 Å². The molecule has 2 heterocycles. The van der Waals surface area contributed by atoms with Crippen molar-refractivity contribution in [1.82, 2.24) is 24.7 Å². The van der Waals surface area contributed by atoms with Crippen LogP contribution in [0.2, 0.25) is 5.28 Å². The number of rotatable bonds is 8. The standard InChI is InChI=1S/C12H17ClN6O2/c1-20-8-6-18(7-9-21-2)11-15-10(13)16-12(17-11)19-5-3-4-14-19/h3-5H,6-9H2,1-2H3. The average molecular weight is 313 g/mol. The zero-order chi connectivity index (χ0) is 15.1. The van der Waals surface area contributed by atoms with E-state index in [0.29, 0.717) is 38.2 Å². The topological polar surface area (TPSA) is 78.2 Å². The first-order chi connectivity index (χ1) is 10.2. The molecule has 2 aromatic rings. The van der Waals surface area contributed by atoms with Crippen molar-refractivity contribution < 1.29 is 9.47 Å². The van der Waals surface area contributed by atoms with Crippen LogP contribution in [-0.4, -0.2) is 65.3 Å². The van der Waals surface area contributed by atoms with Crippen LogP contribution >= 0.6 is 11.6 Å². The molecule has 0 fully saturated rings. The SMILES string of the molecule is COCCN(CCOC)c1nc(Cl)nc(-n2cccn2)n1. The van der Waals surface area contributed by atoms with Gasteiger partial charge in [0.15, 0.2) is 0 Å². The lowest BCUT2D eigenvalue weighted by Crippen LogP contribution is -2.32. The maximum absolute atomic E-state index is 5.99. The van der Waals surface area contributed by atoms with Gasteiger partial charge in [-0.05, 0) is 17.7 Å². The van der Waals surface area contributed by atoms with E-state index in [0.717, 1.165) is 0 Å². The monoisotopic (exact) mass is 312 g/mol. The van der Waals surface area contributed by atoms with Crippen LogP contribution in [0.1, 0.15) is 0 Å². The zero-order valence-corrected chi connectivity index (χ0v) is 12.7. The van der Waals surface area contributed by atoms with E-state index in [1.54, 1.807) is 32.7 Å². The largest absolute Gasteiger partial charge is 0.383 e. The minimum absolute atomic E-state index is 0.116. The Balaban J connectivity index is 2.26. The van der Waals surface area contributed by atoms with Crippen LogP contribution in [0.3, 0.4) is 0 Å². The third-order valence-electron chi connectivity index (χ3n) is 2.71. The van der Waals surface area contributed by atoms with Gasteiger partial charge in [-0.3, -0.25) is 0 Å². The molecule has 0 N–H and O–H groups in total. The molecular weight excluding hydrogens is 296 g/mol. The molecule has 0 aliphatic carbocycles. The molecule has 0 aliphatic rings. The Bertz CT molecular complexity index is 543. The number of ether oxygens (including phenoxy) is 2. The molecule has 2 rings (SSSR count). The number of halogens is 1. The maximum Gasteiger partial charge on any atom is 0.256 e. The molecule has 0 aromatic carbocycles. The first kappa shape index (κ1) is 15.6. The number of anilines is 1. The average Bonchev–Trinajstić information content (AvgIpc) is 3.01. The Hall–Kier alpha value is -1.77. The van der Waals surface area contributed by atoms with Crippen LogP contribution in [0.15, 0.2) is 18.5 Å². The van der Waals surface area contributed by atoms with Gasteiger partial charge in [-0.15, -0.1) is 0 Å². The van der Waals surface area contributed by atoms with Crippen molar-refractivity contribution in [1.29, 1.82) is 0 Å². The highest BCUT2D eigenvalue weighted by atomic mass is 35.5. The lowest BCUT2D eigenvalue weighted by atomic mass is 10.5. The Labute approximate surface area is 127 Å². The summed E-state index contributed by atoms with van der Waals surface area (Å²) < 4.78 is 11.7. The van der Waals surface area contributed by atoms with Gasteiger partial charge in [-0.1, -0.05) is 0 Å². The molecule has 0 spiro atoms. The summed E-state index contributed by atoms with van der Waals surface area (Å²) in [4.78, 5) is 14.6. The quantitative estimate of drug-likeness (QED) is 0.713. The van der Waals surface area contributed by atoms with Gasteiger partial charge in [0.05, 0.1) is 13.2 Å². The predicted octanol–water partition coefficient (Wildman–Crippen LogP) is 0.810. The highest BCUT2D eigenvalue weighted by molar-refractivity contribution is 6.28. The van der Waals surface area contributed by atoms with Crippen LogP contribution in [0, 0.1) is 0 Å². The van der Waals surface area contributed by atoms with Gasteiger partial charge >= 0.3 is 0 Å². The fourth-order valence-electron chi connectivity index (χ4n) is 1.68. The summed E-state index contributed by atoms with van der Waals surface area (Å²) in [6.07, 6.45) is 3.38. The molecule has 2 aromatic heterocycles. The number of hydrogen-bond donors (Lipinski definition) is 0. The first-order valence-corrected chi connectivity index (χ1v) is 6.77. The lowest BCUT2D eigenvalue weighted by Gasteiger charge is -2.22. The third kappa shape index (κ3) is 4.35. The Morgan fingerprint density at radius 2 is 1.86 bits per heavy atom. The number of hydrogen-bond acceptors (Lipinski definition) is 7. The summed E-state index contributed by atoms with van der Waals surface area (Å²) in [7, 11) is 3.29. The van der Waals surface area contributed by atoms with E-state index in [1.165, 1.54) is 4.68 Å². The first-order valence-electron chi connectivity index (χ1n) is 6.39. The van der Waals surface area contributed by atoms with E-state index in [-0.39, 0.29) is 5.28 Å². The Morgan fingerprint density at radius 3 is 2.43 bits per heavy atom. The van der Waals surface area contributed by atoms with Crippen molar-refractivity contribution in [2.75, 3.05) is 45.4 Å². The van der Waals surface area contributed by atoms with E-state index < -0.39 is 0 Å². The molecule has 9 heteroatoms. The van der Waals surface area contributed by atoms with Gasteiger partial charge in [0, 0.05) is 39.7 Å². The summed E-state index contributed by atoms with van der Waals surface area (Å²) in [5.41, 5.74) is 0. The molecule has 114 valence electrons. The fourth-order valence-corrected chi connectivity index (χ4v) is 1.83. The molecule has 0 bridgehead atoms. The number of aromatic nitrogens is 5. The number of methoxy groups -OCH3 is 2. The van der Waals surface area contributed by atoms with E-state index in [1.807, 2.05) is 4.90 Å². The summed E-state index contributed by atoms with van der Waals surface area (Å²) in [6, 6.07) is 1.78. The van der Waals surface area contributed by atoms with Crippen molar-refractivity contribution in [3.8, 4) is 5.95 Å². The highest BCUT2D eigenvalue weighted by Crippen LogP contribution is 2.13. The Kier molecular flexibility index (Phi) is 5.85. The summed E-state index contributed by atoms with van der Waals surface area (Å²) in [5, 5.41) is 4.21. The number of nitrogens with zero attached hydrogens (tertiary/aromatic N) is 6. The van der Waals surface area contributed by atoms with Gasteiger partial charge in [-0.2, -0.15) is 20.1 Å². The van der Waals surface area contributed by atoms with Crippen LogP contribution < -0.4 is 4.90 Å². The molecule has 0 amide bonds. The summed E-state index contributed by atoms with van der Waals surface area (Å²) in [6.45, 7) is 2.34. The lowest BCUT2D eigenvalue weighted by molar-refractivity contribution is 0.189. The minimum atomic E-state index is 0.116. The van der Waals surface area contributed by atoms with Crippen LogP contribution in [0.25, 0.3) is 5.95 Å². The second-order valence-corrected chi connectivity index (χ2v) is 4.47. The molecular formula is C12H17ClN6O2. The molecule has 8 nitrogen and oxygen atoms in total. The van der Waals surface area contributed by atoms with Gasteiger partial charge in [0.1, 0.15) is 0 Å².